The standard InChI is InChI=1S/C24H22F2N2O3.CH4O/c1-16(29)24-27-11-13-28(24)12-2-3-17-4-6-18(7-5-17)20-8-9-21(23(26)22(20)25)31-19-10-14-30-15-19;1-2/h4-9,11,13,16,19,29H,10,12,14-15H2,1H3;2H,1H3/t16?,19-;/m0./s1. The first-order valence-corrected chi connectivity index (χ1v) is 10.5. The number of halogens is 2. The van der Waals surface area contributed by atoms with Crippen molar-refractivity contribution in [2.24, 2.45) is 0 Å². The summed E-state index contributed by atoms with van der Waals surface area (Å²) in [5, 5.41) is 16.7. The van der Waals surface area contributed by atoms with Crippen LogP contribution in [0, 0.1) is 23.5 Å². The van der Waals surface area contributed by atoms with Crippen LogP contribution in [0.15, 0.2) is 48.8 Å². The van der Waals surface area contributed by atoms with Crippen molar-refractivity contribution < 1.29 is 28.5 Å². The van der Waals surface area contributed by atoms with E-state index in [0.29, 0.717) is 37.6 Å². The number of ether oxygens (including phenoxy) is 2. The van der Waals surface area contributed by atoms with E-state index < -0.39 is 17.7 Å². The molecule has 1 aliphatic rings. The molecule has 2 heterocycles. The van der Waals surface area contributed by atoms with E-state index >= 15 is 0 Å². The molecular formula is C25H26F2N2O4. The highest BCUT2D eigenvalue weighted by Crippen LogP contribution is 2.31. The highest BCUT2D eigenvalue weighted by Gasteiger charge is 2.22. The molecule has 1 fully saturated rings. The van der Waals surface area contributed by atoms with Gasteiger partial charge in [-0.25, -0.2) is 9.37 Å². The summed E-state index contributed by atoms with van der Waals surface area (Å²) in [6.45, 7) is 2.97. The molecule has 0 spiro atoms. The first-order valence-electron chi connectivity index (χ1n) is 10.5. The molecule has 8 heteroatoms. The smallest absolute Gasteiger partial charge is 0.201 e. The number of nitrogens with zero attached hydrogens (tertiary/aromatic N) is 2. The van der Waals surface area contributed by atoms with Gasteiger partial charge in [0.25, 0.3) is 0 Å². The quantitative estimate of drug-likeness (QED) is 0.573. The maximum Gasteiger partial charge on any atom is 0.201 e. The first kappa shape index (κ1) is 24.4. The number of hydrogen-bond donors (Lipinski definition) is 2. The summed E-state index contributed by atoms with van der Waals surface area (Å²) in [6, 6.07) is 9.87. The molecule has 33 heavy (non-hydrogen) atoms. The van der Waals surface area contributed by atoms with Crippen LogP contribution in [0.5, 0.6) is 5.75 Å². The summed E-state index contributed by atoms with van der Waals surface area (Å²) < 4.78 is 41.6. The minimum Gasteiger partial charge on any atom is -0.485 e. The largest absolute Gasteiger partial charge is 0.485 e. The molecule has 0 aliphatic carbocycles. The van der Waals surface area contributed by atoms with Crippen molar-refractivity contribution in [1.82, 2.24) is 9.55 Å². The topological polar surface area (TPSA) is 76.7 Å². The molecule has 2 atom stereocenters. The fourth-order valence-electron chi connectivity index (χ4n) is 3.41. The maximum atomic E-state index is 14.6. The van der Waals surface area contributed by atoms with Gasteiger partial charge in [0, 0.05) is 37.1 Å². The number of benzene rings is 2. The van der Waals surface area contributed by atoms with Gasteiger partial charge in [-0.1, -0.05) is 24.0 Å². The monoisotopic (exact) mass is 456 g/mol. The predicted molar refractivity (Wildman–Crippen MR) is 120 cm³/mol. The third-order valence-electron chi connectivity index (χ3n) is 5.03. The second kappa shape index (κ2) is 11.6. The molecule has 1 aliphatic heterocycles. The molecule has 1 saturated heterocycles. The van der Waals surface area contributed by atoms with Crippen LogP contribution in [0.4, 0.5) is 8.78 Å². The summed E-state index contributed by atoms with van der Waals surface area (Å²) in [5.74, 6) is 4.55. The van der Waals surface area contributed by atoms with Gasteiger partial charge in [-0.15, -0.1) is 0 Å². The van der Waals surface area contributed by atoms with E-state index in [1.54, 1.807) is 48.1 Å². The van der Waals surface area contributed by atoms with Crippen molar-refractivity contribution in [3.63, 3.8) is 0 Å². The van der Waals surface area contributed by atoms with Gasteiger partial charge in [0.05, 0.1) is 19.8 Å². The highest BCUT2D eigenvalue weighted by molar-refractivity contribution is 5.66. The van der Waals surface area contributed by atoms with Gasteiger partial charge in [-0.05, 0) is 36.8 Å². The van der Waals surface area contributed by atoms with Crippen LogP contribution in [0.1, 0.15) is 30.8 Å². The fraction of sp³-hybridized carbons (Fsp3) is 0.320. The second-order valence-electron chi connectivity index (χ2n) is 7.31. The van der Waals surface area contributed by atoms with E-state index in [4.69, 9.17) is 14.6 Å². The number of aromatic nitrogens is 2. The Morgan fingerprint density at radius 2 is 1.94 bits per heavy atom. The van der Waals surface area contributed by atoms with Gasteiger partial charge in [0.1, 0.15) is 18.0 Å². The molecule has 4 rings (SSSR count). The maximum absolute atomic E-state index is 14.6. The number of aliphatic hydroxyl groups is 2. The van der Waals surface area contributed by atoms with E-state index in [1.807, 2.05) is 0 Å². The average Bonchev–Trinajstić information content (AvgIpc) is 3.51. The van der Waals surface area contributed by atoms with Gasteiger partial charge in [0.15, 0.2) is 11.6 Å². The molecule has 1 aromatic heterocycles. The molecule has 1 unspecified atom stereocenters. The second-order valence-corrected chi connectivity index (χ2v) is 7.31. The lowest BCUT2D eigenvalue weighted by Crippen LogP contribution is -2.16. The van der Waals surface area contributed by atoms with Crippen molar-refractivity contribution in [2.75, 3.05) is 20.3 Å². The van der Waals surface area contributed by atoms with E-state index in [2.05, 4.69) is 16.8 Å². The zero-order valence-electron chi connectivity index (χ0n) is 18.5. The van der Waals surface area contributed by atoms with Crippen molar-refractivity contribution in [2.45, 2.75) is 32.1 Å². The summed E-state index contributed by atoms with van der Waals surface area (Å²) in [6.07, 6.45) is 3.10. The Balaban J connectivity index is 0.00000149. The molecule has 6 nitrogen and oxygen atoms in total. The van der Waals surface area contributed by atoms with E-state index in [-0.39, 0.29) is 17.4 Å². The number of imidazole rings is 1. The minimum absolute atomic E-state index is 0.102. The van der Waals surface area contributed by atoms with Gasteiger partial charge in [-0.3, -0.25) is 0 Å². The highest BCUT2D eigenvalue weighted by atomic mass is 19.2. The SMILES string of the molecule is CC(O)c1nccn1CC#Cc1ccc(-c2ccc(O[C@H]3CCOC3)c(F)c2F)cc1.CO. The molecule has 2 N–H and O–H groups in total. The lowest BCUT2D eigenvalue weighted by molar-refractivity contribution is 0.137. The first-order chi connectivity index (χ1) is 16.0. The molecule has 0 radical (unpaired) electrons. The van der Waals surface area contributed by atoms with Crippen molar-refractivity contribution >= 4 is 0 Å². The van der Waals surface area contributed by atoms with Crippen LogP contribution in [-0.4, -0.2) is 46.2 Å². The van der Waals surface area contributed by atoms with Crippen LogP contribution < -0.4 is 4.74 Å². The molecule has 2 aromatic carbocycles. The lowest BCUT2D eigenvalue weighted by atomic mass is 10.0. The Morgan fingerprint density at radius 1 is 1.18 bits per heavy atom. The van der Waals surface area contributed by atoms with Crippen molar-refractivity contribution in [3.8, 4) is 28.7 Å². The third kappa shape index (κ3) is 5.96. The van der Waals surface area contributed by atoms with Crippen molar-refractivity contribution in [1.29, 1.82) is 0 Å². The van der Waals surface area contributed by atoms with Crippen LogP contribution >= 0.6 is 0 Å². The van der Waals surface area contributed by atoms with Crippen molar-refractivity contribution in [3.05, 3.63) is 71.8 Å². The Morgan fingerprint density at radius 3 is 2.61 bits per heavy atom. The zero-order valence-corrected chi connectivity index (χ0v) is 18.5. The molecule has 0 saturated carbocycles. The molecule has 174 valence electrons. The summed E-state index contributed by atoms with van der Waals surface area (Å²) in [7, 11) is 1.00. The van der Waals surface area contributed by atoms with Gasteiger partial charge < -0.3 is 24.3 Å². The fourth-order valence-corrected chi connectivity index (χ4v) is 3.41. The number of hydrogen-bond acceptors (Lipinski definition) is 5. The zero-order chi connectivity index (χ0) is 23.8. The van der Waals surface area contributed by atoms with Gasteiger partial charge >= 0.3 is 0 Å². The van der Waals surface area contributed by atoms with Crippen LogP contribution in [0.2, 0.25) is 0 Å². The van der Waals surface area contributed by atoms with Gasteiger partial charge in [0.2, 0.25) is 5.82 Å². The Kier molecular flexibility index (Phi) is 8.55. The normalized spacial score (nSPS) is 15.8. The lowest BCUT2D eigenvalue weighted by Gasteiger charge is -2.14. The van der Waals surface area contributed by atoms with E-state index in [9.17, 15) is 13.9 Å². The number of rotatable bonds is 5. The summed E-state index contributed by atoms with van der Waals surface area (Å²) in [4.78, 5) is 4.10. The number of aliphatic hydroxyl groups excluding tert-OH is 2. The molecule has 0 amide bonds. The molecule has 0 bridgehead atoms. The average molecular weight is 456 g/mol. The van der Waals surface area contributed by atoms with Gasteiger partial charge in [-0.2, -0.15) is 4.39 Å². The molecular weight excluding hydrogens is 430 g/mol. The minimum atomic E-state index is -0.998. The summed E-state index contributed by atoms with van der Waals surface area (Å²) >= 11 is 0. The third-order valence-corrected chi connectivity index (χ3v) is 5.03. The summed E-state index contributed by atoms with van der Waals surface area (Å²) in [5.41, 5.74) is 1.44. The Bertz CT molecular complexity index is 1110. The Hall–Kier alpha value is -3.25. The predicted octanol–water partition coefficient (Wildman–Crippen LogP) is 3.71. The van der Waals surface area contributed by atoms with Crippen LogP contribution in [-0.2, 0) is 11.3 Å². The molecule has 3 aromatic rings. The van der Waals surface area contributed by atoms with E-state index in [1.165, 1.54) is 12.1 Å². The van der Waals surface area contributed by atoms with E-state index in [0.717, 1.165) is 12.7 Å². The Labute approximate surface area is 191 Å². The van der Waals surface area contributed by atoms with Crippen LogP contribution in [0.3, 0.4) is 0 Å². The van der Waals surface area contributed by atoms with Crippen LogP contribution in [0.25, 0.3) is 11.1 Å².